The maximum Gasteiger partial charge on any atom is 0.446 e. The van der Waals surface area contributed by atoms with Crippen LogP contribution in [-0.2, 0) is 11.2 Å². The summed E-state index contributed by atoms with van der Waals surface area (Å²) in [6, 6.07) is 6.04. The molecular weight excluding hydrogens is 291 g/mol. The number of nitrogens with zero attached hydrogens (tertiary/aromatic N) is 1. The third-order valence-electron chi connectivity index (χ3n) is 2.29. The quantitative estimate of drug-likeness (QED) is 0.611. The number of ether oxygens (including phenoxy) is 1. The Kier molecular flexibility index (Phi) is 5.89. The number of esters is 1. The number of halogens is 3. The SMILES string of the molecule is CCOC(=O)c1ccc(CCC#N)cc1SC(F)(F)F. The van der Waals surface area contributed by atoms with Gasteiger partial charge in [-0.25, -0.2) is 4.79 Å². The highest BCUT2D eigenvalue weighted by Gasteiger charge is 2.31. The van der Waals surface area contributed by atoms with Crippen LogP contribution in [0.4, 0.5) is 13.2 Å². The first-order chi connectivity index (χ1) is 9.37. The minimum absolute atomic E-state index is 0.0884. The molecule has 7 heteroatoms. The Balaban J connectivity index is 3.09. The highest BCUT2D eigenvalue weighted by Crippen LogP contribution is 2.39. The third-order valence-corrected chi connectivity index (χ3v) is 3.08. The summed E-state index contributed by atoms with van der Waals surface area (Å²) in [7, 11) is 0. The average Bonchev–Trinajstić information content (AvgIpc) is 2.34. The molecule has 0 amide bonds. The van der Waals surface area contributed by atoms with Gasteiger partial charge in [-0.15, -0.1) is 0 Å². The van der Waals surface area contributed by atoms with Crippen LogP contribution in [0.3, 0.4) is 0 Å². The fourth-order valence-corrected chi connectivity index (χ4v) is 2.23. The minimum Gasteiger partial charge on any atom is -0.462 e. The van der Waals surface area contributed by atoms with Gasteiger partial charge < -0.3 is 4.74 Å². The van der Waals surface area contributed by atoms with Crippen molar-refractivity contribution >= 4 is 17.7 Å². The Bertz CT molecular complexity index is 523. The van der Waals surface area contributed by atoms with Crippen LogP contribution in [0.1, 0.15) is 29.3 Å². The first kappa shape index (κ1) is 16.4. The van der Waals surface area contributed by atoms with E-state index in [2.05, 4.69) is 0 Å². The Morgan fingerprint density at radius 1 is 1.45 bits per heavy atom. The largest absolute Gasteiger partial charge is 0.462 e. The third kappa shape index (κ3) is 5.13. The van der Waals surface area contributed by atoms with Crippen LogP contribution in [0.2, 0.25) is 0 Å². The number of nitriles is 1. The number of rotatable bonds is 5. The summed E-state index contributed by atoms with van der Waals surface area (Å²) < 4.78 is 42.3. The zero-order valence-corrected chi connectivity index (χ0v) is 11.5. The van der Waals surface area contributed by atoms with Crippen molar-refractivity contribution in [3.63, 3.8) is 0 Å². The predicted octanol–water partition coefficient (Wildman–Crippen LogP) is 3.93. The zero-order chi connectivity index (χ0) is 15.2. The van der Waals surface area contributed by atoms with Crippen molar-refractivity contribution in [3.8, 4) is 6.07 Å². The van der Waals surface area contributed by atoms with Crippen LogP contribution in [0.5, 0.6) is 0 Å². The van der Waals surface area contributed by atoms with Gasteiger partial charge in [-0.3, -0.25) is 0 Å². The molecule has 0 unspecified atom stereocenters. The number of hydrogen-bond acceptors (Lipinski definition) is 4. The smallest absolute Gasteiger partial charge is 0.446 e. The molecule has 0 aliphatic carbocycles. The molecule has 0 N–H and O–H groups in total. The van der Waals surface area contributed by atoms with Gasteiger partial charge in [-0.2, -0.15) is 18.4 Å². The summed E-state index contributed by atoms with van der Waals surface area (Å²) in [6.07, 6.45) is 0.542. The molecule has 0 heterocycles. The summed E-state index contributed by atoms with van der Waals surface area (Å²) in [5, 5.41) is 8.49. The van der Waals surface area contributed by atoms with Gasteiger partial charge in [0, 0.05) is 11.3 Å². The molecule has 0 fully saturated rings. The van der Waals surface area contributed by atoms with E-state index >= 15 is 0 Å². The van der Waals surface area contributed by atoms with Crippen molar-refractivity contribution in [1.82, 2.24) is 0 Å². The molecule has 0 spiro atoms. The highest BCUT2D eigenvalue weighted by molar-refractivity contribution is 8.00. The number of hydrogen-bond donors (Lipinski definition) is 0. The van der Waals surface area contributed by atoms with Crippen LogP contribution in [-0.4, -0.2) is 18.1 Å². The van der Waals surface area contributed by atoms with Crippen LogP contribution in [0.25, 0.3) is 0 Å². The minimum atomic E-state index is -4.49. The van der Waals surface area contributed by atoms with Gasteiger partial charge in [0.05, 0.1) is 18.2 Å². The molecule has 0 aromatic heterocycles. The molecule has 0 atom stereocenters. The maximum atomic E-state index is 12.5. The van der Waals surface area contributed by atoms with Crippen molar-refractivity contribution in [2.24, 2.45) is 0 Å². The molecule has 0 saturated heterocycles. The number of thioether (sulfide) groups is 1. The van der Waals surface area contributed by atoms with Crippen molar-refractivity contribution in [2.75, 3.05) is 6.61 Å². The van der Waals surface area contributed by atoms with E-state index in [1.807, 2.05) is 6.07 Å². The lowest BCUT2D eigenvalue weighted by molar-refractivity contribution is -0.0328. The Morgan fingerprint density at radius 3 is 2.70 bits per heavy atom. The fraction of sp³-hybridized carbons (Fsp3) is 0.385. The van der Waals surface area contributed by atoms with E-state index in [1.165, 1.54) is 18.2 Å². The Hall–Kier alpha value is -1.68. The lowest BCUT2D eigenvalue weighted by Crippen LogP contribution is -2.09. The molecule has 1 aromatic carbocycles. The molecule has 108 valence electrons. The predicted molar refractivity (Wildman–Crippen MR) is 68.2 cm³/mol. The molecule has 0 bridgehead atoms. The van der Waals surface area contributed by atoms with Gasteiger partial charge in [-0.1, -0.05) is 6.07 Å². The van der Waals surface area contributed by atoms with Gasteiger partial charge in [0.2, 0.25) is 0 Å². The van der Waals surface area contributed by atoms with Crippen LogP contribution in [0, 0.1) is 11.3 Å². The first-order valence-corrected chi connectivity index (χ1v) is 6.61. The lowest BCUT2D eigenvalue weighted by Gasteiger charge is -2.12. The second kappa shape index (κ2) is 7.20. The number of carbonyl (C=O) groups excluding carboxylic acids is 1. The van der Waals surface area contributed by atoms with Crippen LogP contribution >= 0.6 is 11.8 Å². The molecule has 0 radical (unpaired) electrons. The molecule has 0 aliphatic heterocycles. The Labute approximate surface area is 118 Å². The van der Waals surface area contributed by atoms with Crippen molar-refractivity contribution in [2.45, 2.75) is 30.2 Å². The standard InChI is InChI=1S/C13H12F3NO2S/c1-2-19-12(18)10-6-5-9(4-3-7-17)8-11(10)20-13(14,15)16/h5-6,8H,2-4H2,1H3. The van der Waals surface area contributed by atoms with Crippen molar-refractivity contribution in [3.05, 3.63) is 29.3 Å². The lowest BCUT2D eigenvalue weighted by atomic mass is 10.1. The van der Waals surface area contributed by atoms with E-state index in [9.17, 15) is 18.0 Å². The molecule has 0 aliphatic rings. The number of carbonyl (C=O) groups is 1. The van der Waals surface area contributed by atoms with Gasteiger partial charge >= 0.3 is 11.5 Å². The monoisotopic (exact) mass is 303 g/mol. The molecular formula is C13H12F3NO2S. The maximum absolute atomic E-state index is 12.5. The molecule has 1 aromatic rings. The summed E-state index contributed by atoms with van der Waals surface area (Å²) in [4.78, 5) is 11.4. The summed E-state index contributed by atoms with van der Waals surface area (Å²) in [5.41, 5.74) is -4.03. The molecule has 0 saturated carbocycles. The summed E-state index contributed by atoms with van der Waals surface area (Å²) in [5.74, 6) is -0.786. The molecule has 1 rings (SSSR count). The number of benzene rings is 1. The van der Waals surface area contributed by atoms with E-state index in [-0.39, 0.29) is 35.2 Å². The van der Waals surface area contributed by atoms with E-state index in [0.717, 1.165) is 0 Å². The van der Waals surface area contributed by atoms with E-state index in [1.54, 1.807) is 6.92 Å². The summed E-state index contributed by atoms with van der Waals surface area (Å²) in [6.45, 7) is 1.67. The second-order valence-corrected chi connectivity index (χ2v) is 4.86. The van der Waals surface area contributed by atoms with E-state index in [4.69, 9.17) is 10.00 Å². The molecule has 20 heavy (non-hydrogen) atoms. The number of alkyl halides is 3. The van der Waals surface area contributed by atoms with Crippen LogP contribution in [0.15, 0.2) is 23.1 Å². The van der Waals surface area contributed by atoms with Crippen molar-refractivity contribution in [1.29, 1.82) is 5.26 Å². The van der Waals surface area contributed by atoms with Gasteiger partial charge in [0.1, 0.15) is 0 Å². The molecule has 3 nitrogen and oxygen atoms in total. The van der Waals surface area contributed by atoms with E-state index < -0.39 is 11.5 Å². The normalized spacial score (nSPS) is 10.9. The van der Waals surface area contributed by atoms with Gasteiger partial charge in [0.15, 0.2) is 0 Å². The topological polar surface area (TPSA) is 50.1 Å². The first-order valence-electron chi connectivity index (χ1n) is 5.80. The highest BCUT2D eigenvalue weighted by atomic mass is 32.2. The summed E-state index contributed by atoms with van der Waals surface area (Å²) >= 11 is -0.355. The Morgan fingerprint density at radius 2 is 2.15 bits per heavy atom. The van der Waals surface area contributed by atoms with Crippen molar-refractivity contribution < 1.29 is 22.7 Å². The van der Waals surface area contributed by atoms with E-state index in [0.29, 0.717) is 12.0 Å². The fourth-order valence-electron chi connectivity index (χ4n) is 1.51. The van der Waals surface area contributed by atoms with Crippen LogP contribution < -0.4 is 0 Å². The van der Waals surface area contributed by atoms with Gasteiger partial charge in [0.25, 0.3) is 0 Å². The second-order valence-electron chi connectivity index (χ2n) is 3.76. The van der Waals surface area contributed by atoms with Gasteiger partial charge in [-0.05, 0) is 42.8 Å². The zero-order valence-electron chi connectivity index (χ0n) is 10.7. The number of aryl methyl sites for hydroxylation is 1. The average molecular weight is 303 g/mol.